The summed E-state index contributed by atoms with van der Waals surface area (Å²) in [5, 5.41) is 1.20. The molecule has 0 atom stereocenters. The summed E-state index contributed by atoms with van der Waals surface area (Å²) in [6.45, 7) is 0. The minimum atomic E-state index is 0.000260. The van der Waals surface area contributed by atoms with Crippen molar-refractivity contribution in [3.8, 4) is 11.3 Å². The Labute approximate surface area is 114 Å². The molecule has 0 unspecified atom stereocenters. The number of nitrogens with one attached hydrogen (secondary N) is 1. The van der Waals surface area contributed by atoms with Crippen molar-refractivity contribution in [3.05, 3.63) is 70.9 Å². The molecule has 0 bridgehead atoms. The van der Waals surface area contributed by atoms with E-state index in [1.807, 2.05) is 48.5 Å². The normalized spacial score (nSPS) is 11.2. The first-order valence-electron chi connectivity index (χ1n) is 6.43. The van der Waals surface area contributed by atoms with E-state index in [1.54, 1.807) is 12.1 Å². The summed E-state index contributed by atoms with van der Waals surface area (Å²) in [4.78, 5) is 15.6. The highest BCUT2D eigenvalue weighted by Gasteiger charge is 2.11. The molecule has 20 heavy (non-hydrogen) atoms. The minimum absolute atomic E-state index is 0.000260. The second kappa shape index (κ2) is 4.10. The van der Waals surface area contributed by atoms with Crippen LogP contribution in [0.2, 0.25) is 0 Å². The van der Waals surface area contributed by atoms with Crippen molar-refractivity contribution in [1.29, 1.82) is 0 Å². The molecule has 96 valence electrons. The second-order valence-corrected chi connectivity index (χ2v) is 4.72. The third-order valence-corrected chi connectivity index (χ3v) is 3.45. The van der Waals surface area contributed by atoms with Crippen molar-refractivity contribution in [2.75, 3.05) is 0 Å². The molecule has 2 heterocycles. The third kappa shape index (κ3) is 1.57. The van der Waals surface area contributed by atoms with Crippen LogP contribution in [0.25, 0.3) is 33.3 Å². The zero-order chi connectivity index (χ0) is 13.5. The van der Waals surface area contributed by atoms with Crippen LogP contribution in [-0.2, 0) is 0 Å². The van der Waals surface area contributed by atoms with Gasteiger partial charge in [-0.3, -0.25) is 4.79 Å². The van der Waals surface area contributed by atoms with Crippen LogP contribution in [0.15, 0.2) is 69.9 Å². The second-order valence-electron chi connectivity index (χ2n) is 4.72. The van der Waals surface area contributed by atoms with Crippen LogP contribution < -0.4 is 5.43 Å². The molecule has 1 N–H and O–H groups in total. The van der Waals surface area contributed by atoms with E-state index in [9.17, 15) is 4.79 Å². The van der Waals surface area contributed by atoms with Gasteiger partial charge < -0.3 is 9.40 Å². The van der Waals surface area contributed by atoms with Crippen molar-refractivity contribution < 1.29 is 4.42 Å². The van der Waals surface area contributed by atoms with Gasteiger partial charge in [0.25, 0.3) is 0 Å². The molecule has 3 nitrogen and oxygen atoms in total. The molecule has 0 spiro atoms. The van der Waals surface area contributed by atoms with Crippen LogP contribution >= 0.6 is 0 Å². The molecule has 0 saturated carbocycles. The van der Waals surface area contributed by atoms with Gasteiger partial charge in [-0.25, -0.2) is 0 Å². The van der Waals surface area contributed by atoms with E-state index >= 15 is 0 Å². The maximum Gasteiger partial charge on any atom is 0.209 e. The Morgan fingerprint density at radius 2 is 1.60 bits per heavy atom. The number of aromatic amines is 1. The lowest BCUT2D eigenvalue weighted by molar-refractivity contribution is 0.647. The van der Waals surface area contributed by atoms with Crippen LogP contribution in [0.1, 0.15) is 0 Å². The smallest absolute Gasteiger partial charge is 0.209 e. The summed E-state index contributed by atoms with van der Waals surface area (Å²) in [6.07, 6.45) is 0. The molecular weight excluding hydrogens is 250 g/mol. The van der Waals surface area contributed by atoms with Crippen molar-refractivity contribution in [2.45, 2.75) is 0 Å². The molecule has 0 aliphatic carbocycles. The standard InChI is InChI=1S/C17H11NO2/c19-16-12-8-4-5-9-15(12)20-17-13(16)10-14(18-17)11-6-2-1-3-7-11/h1-10,18H. The molecule has 0 aliphatic heterocycles. The van der Waals surface area contributed by atoms with Gasteiger partial charge in [-0.2, -0.15) is 0 Å². The Bertz CT molecular complexity index is 965. The van der Waals surface area contributed by atoms with E-state index in [1.165, 1.54) is 0 Å². The summed E-state index contributed by atoms with van der Waals surface area (Å²) in [5.41, 5.74) is 3.04. The third-order valence-electron chi connectivity index (χ3n) is 3.45. The number of hydrogen-bond donors (Lipinski definition) is 1. The lowest BCUT2D eigenvalue weighted by atomic mass is 10.1. The molecule has 0 aliphatic rings. The molecule has 4 aromatic rings. The highest BCUT2D eigenvalue weighted by Crippen LogP contribution is 2.24. The fraction of sp³-hybridized carbons (Fsp3) is 0. The molecule has 3 heteroatoms. The zero-order valence-electron chi connectivity index (χ0n) is 10.6. The highest BCUT2D eigenvalue weighted by atomic mass is 16.3. The average molecular weight is 261 g/mol. The van der Waals surface area contributed by atoms with Crippen LogP contribution in [0.3, 0.4) is 0 Å². The van der Waals surface area contributed by atoms with E-state index in [0.717, 1.165) is 11.3 Å². The maximum absolute atomic E-state index is 12.5. The first kappa shape index (κ1) is 11.1. The molecular formula is C17H11NO2. The van der Waals surface area contributed by atoms with Crippen LogP contribution in [0.5, 0.6) is 0 Å². The van der Waals surface area contributed by atoms with Gasteiger partial charge in [-0.1, -0.05) is 42.5 Å². The summed E-state index contributed by atoms with van der Waals surface area (Å²) < 4.78 is 5.77. The number of rotatable bonds is 1. The molecule has 0 fully saturated rings. The SMILES string of the molecule is O=c1c2ccccc2oc2[nH]c(-c3ccccc3)cc12. The summed E-state index contributed by atoms with van der Waals surface area (Å²) in [6, 6.07) is 19.0. The van der Waals surface area contributed by atoms with Gasteiger partial charge >= 0.3 is 0 Å². The summed E-state index contributed by atoms with van der Waals surface area (Å²) >= 11 is 0. The summed E-state index contributed by atoms with van der Waals surface area (Å²) in [5.74, 6) is 0. The zero-order valence-corrected chi connectivity index (χ0v) is 10.6. The molecule has 2 aromatic heterocycles. The van der Waals surface area contributed by atoms with Gasteiger partial charge in [0.15, 0.2) is 0 Å². The van der Waals surface area contributed by atoms with E-state index in [4.69, 9.17) is 4.42 Å². The van der Waals surface area contributed by atoms with E-state index in [0.29, 0.717) is 22.1 Å². The molecule has 0 saturated heterocycles. The lowest BCUT2D eigenvalue weighted by Crippen LogP contribution is -1.99. The minimum Gasteiger partial charge on any atom is -0.439 e. The Morgan fingerprint density at radius 3 is 2.45 bits per heavy atom. The molecule has 4 rings (SSSR count). The Morgan fingerprint density at radius 1 is 0.850 bits per heavy atom. The number of H-pyrrole nitrogens is 1. The lowest BCUT2D eigenvalue weighted by Gasteiger charge is -1.96. The van der Waals surface area contributed by atoms with E-state index < -0.39 is 0 Å². The molecule has 2 aromatic carbocycles. The predicted octanol–water partition coefficient (Wildman–Crippen LogP) is 3.94. The fourth-order valence-corrected chi connectivity index (χ4v) is 2.46. The monoisotopic (exact) mass is 261 g/mol. The highest BCUT2D eigenvalue weighted by molar-refractivity contribution is 5.91. The van der Waals surface area contributed by atoms with E-state index in [-0.39, 0.29) is 5.43 Å². The first-order chi connectivity index (χ1) is 9.83. The van der Waals surface area contributed by atoms with Gasteiger partial charge in [-0.05, 0) is 23.8 Å². The number of benzene rings is 2. The number of aromatic nitrogens is 1. The first-order valence-corrected chi connectivity index (χ1v) is 6.43. The molecule has 0 amide bonds. The average Bonchev–Trinajstić information content (AvgIpc) is 2.93. The largest absolute Gasteiger partial charge is 0.439 e. The number of fused-ring (bicyclic) bond motifs is 2. The van der Waals surface area contributed by atoms with Gasteiger partial charge in [-0.15, -0.1) is 0 Å². The van der Waals surface area contributed by atoms with Gasteiger partial charge in [0, 0.05) is 5.69 Å². The maximum atomic E-state index is 12.5. The molecule has 0 radical (unpaired) electrons. The van der Waals surface area contributed by atoms with Crippen LogP contribution in [0, 0.1) is 0 Å². The quantitative estimate of drug-likeness (QED) is 0.564. The van der Waals surface area contributed by atoms with Crippen molar-refractivity contribution in [2.24, 2.45) is 0 Å². The van der Waals surface area contributed by atoms with Crippen LogP contribution in [-0.4, -0.2) is 4.98 Å². The summed E-state index contributed by atoms with van der Waals surface area (Å²) in [7, 11) is 0. The van der Waals surface area contributed by atoms with Crippen molar-refractivity contribution >= 4 is 22.1 Å². The Hall–Kier alpha value is -2.81. The number of hydrogen-bond acceptors (Lipinski definition) is 2. The van der Waals surface area contributed by atoms with Crippen LogP contribution in [0.4, 0.5) is 0 Å². The Kier molecular flexibility index (Phi) is 2.27. The van der Waals surface area contributed by atoms with Gasteiger partial charge in [0.1, 0.15) is 5.58 Å². The topological polar surface area (TPSA) is 46.0 Å². The van der Waals surface area contributed by atoms with E-state index in [2.05, 4.69) is 4.98 Å². The van der Waals surface area contributed by atoms with Gasteiger partial charge in [0.05, 0.1) is 10.8 Å². The fourth-order valence-electron chi connectivity index (χ4n) is 2.46. The number of para-hydroxylation sites is 1. The van der Waals surface area contributed by atoms with Crippen molar-refractivity contribution in [3.63, 3.8) is 0 Å². The Balaban J connectivity index is 2.07. The van der Waals surface area contributed by atoms with Crippen molar-refractivity contribution in [1.82, 2.24) is 4.98 Å². The van der Waals surface area contributed by atoms with Gasteiger partial charge in [0.2, 0.25) is 11.1 Å². The predicted molar refractivity (Wildman–Crippen MR) is 79.8 cm³/mol.